The molecule has 1 aromatic heterocycles. The molecule has 1 aromatic carbocycles. The van der Waals surface area contributed by atoms with Crippen LogP contribution >= 0.6 is 58.0 Å². The summed E-state index contributed by atoms with van der Waals surface area (Å²) in [6.45, 7) is 0.0393. The summed E-state index contributed by atoms with van der Waals surface area (Å²) in [5.74, 6) is 0. The summed E-state index contributed by atoms with van der Waals surface area (Å²) >= 11 is 29.5. The molecule has 0 spiro atoms. The van der Waals surface area contributed by atoms with E-state index in [2.05, 4.69) is 10.1 Å². The third-order valence-corrected chi connectivity index (χ3v) is 3.62. The van der Waals surface area contributed by atoms with Gasteiger partial charge in [0.05, 0.1) is 6.54 Å². The fourth-order valence-corrected chi connectivity index (χ4v) is 3.17. The molecule has 0 aliphatic heterocycles. The van der Waals surface area contributed by atoms with Gasteiger partial charge in [0.25, 0.3) is 0 Å². The number of aliphatic hydroxyl groups is 1. The number of alkyl halides is 3. The summed E-state index contributed by atoms with van der Waals surface area (Å²) < 4.78 is -0.227. The minimum Gasteiger partial charge on any atom is -0.383 e. The predicted molar refractivity (Wildman–Crippen MR) is 85.3 cm³/mol. The fraction of sp³-hybridized carbons (Fsp3) is 0.333. The van der Waals surface area contributed by atoms with E-state index in [9.17, 15) is 5.11 Å². The molecule has 2 rings (SSSR count). The Kier molecular flexibility index (Phi) is 5.29. The SMILES string of the molecule is OC(Cn1cncn1)(CC(Cl)(Cl)Cl)c1cc(Cl)cc(Cl)c1. The second-order valence-electron chi connectivity index (χ2n) is 4.57. The van der Waals surface area contributed by atoms with E-state index in [1.54, 1.807) is 18.2 Å². The summed E-state index contributed by atoms with van der Waals surface area (Å²) in [6, 6.07) is 4.69. The number of halogens is 5. The normalized spacial score (nSPS) is 15.0. The zero-order valence-electron chi connectivity index (χ0n) is 10.5. The molecule has 1 unspecified atom stereocenters. The highest BCUT2D eigenvalue weighted by Crippen LogP contribution is 2.41. The molecule has 9 heteroatoms. The molecule has 0 amide bonds. The predicted octanol–water partition coefficient (Wildman–Crippen LogP) is 4.23. The Bertz CT molecular complexity index is 594. The van der Waals surface area contributed by atoms with Gasteiger partial charge in [-0.3, -0.25) is 0 Å². The maximum atomic E-state index is 11.0. The van der Waals surface area contributed by atoms with Crippen molar-refractivity contribution in [3.05, 3.63) is 46.5 Å². The van der Waals surface area contributed by atoms with Gasteiger partial charge in [-0.15, -0.1) is 0 Å². The topological polar surface area (TPSA) is 50.9 Å². The summed E-state index contributed by atoms with van der Waals surface area (Å²) in [6.07, 6.45) is 2.64. The Morgan fingerprint density at radius 1 is 1.10 bits per heavy atom. The zero-order chi connectivity index (χ0) is 15.7. The standard InChI is InChI=1S/C12H10Cl5N3O/c13-9-1-8(2-10(14)3-9)11(21,4-12(15,16)17)5-20-7-18-6-19-20/h1-3,6-7,21H,4-5H2. The van der Waals surface area contributed by atoms with E-state index in [-0.39, 0.29) is 13.0 Å². The van der Waals surface area contributed by atoms with Crippen molar-refractivity contribution in [2.75, 3.05) is 0 Å². The first-order valence-electron chi connectivity index (χ1n) is 5.76. The van der Waals surface area contributed by atoms with Crippen LogP contribution in [-0.2, 0) is 12.1 Å². The van der Waals surface area contributed by atoms with Crippen LogP contribution in [0, 0.1) is 0 Å². The lowest BCUT2D eigenvalue weighted by Gasteiger charge is -2.31. The van der Waals surface area contributed by atoms with E-state index in [0.717, 1.165) is 0 Å². The van der Waals surface area contributed by atoms with E-state index in [0.29, 0.717) is 15.6 Å². The summed E-state index contributed by atoms with van der Waals surface area (Å²) in [5.41, 5.74) is -1.09. The Morgan fingerprint density at radius 3 is 2.19 bits per heavy atom. The summed E-state index contributed by atoms with van der Waals surface area (Å²) in [4.78, 5) is 3.82. The fourth-order valence-electron chi connectivity index (χ4n) is 1.99. The zero-order valence-corrected chi connectivity index (χ0v) is 14.3. The first-order valence-corrected chi connectivity index (χ1v) is 7.65. The average Bonchev–Trinajstić information content (AvgIpc) is 2.77. The van der Waals surface area contributed by atoms with Gasteiger partial charge in [0.2, 0.25) is 0 Å². The van der Waals surface area contributed by atoms with Crippen LogP contribution in [0.3, 0.4) is 0 Å². The van der Waals surface area contributed by atoms with E-state index < -0.39 is 9.39 Å². The van der Waals surface area contributed by atoms with Gasteiger partial charge >= 0.3 is 0 Å². The van der Waals surface area contributed by atoms with Crippen LogP contribution in [0.25, 0.3) is 0 Å². The Morgan fingerprint density at radius 2 is 1.71 bits per heavy atom. The first-order chi connectivity index (χ1) is 9.68. The van der Waals surface area contributed by atoms with Crippen molar-refractivity contribution in [1.29, 1.82) is 0 Å². The lowest BCUT2D eigenvalue weighted by Crippen LogP contribution is -2.36. The maximum Gasteiger partial charge on any atom is 0.193 e. The lowest BCUT2D eigenvalue weighted by molar-refractivity contribution is 0.00737. The molecule has 4 nitrogen and oxygen atoms in total. The molecule has 1 N–H and O–H groups in total. The molecule has 114 valence electrons. The van der Waals surface area contributed by atoms with E-state index in [1.807, 2.05) is 0 Å². The highest BCUT2D eigenvalue weighted by molar-refractivity contribution is 6.67. The van der Waals surface area contributed by atoms with Gasteiger partial charge in [-0.05, 0) is 23.8 Å². The van der Waals surface area contributed by atoms with Gasteiger partial charge in [-0.1, -0.05) is 58.0 Å². The van der Waals surface area contributed by atoms with Crippen molar-refractivity contribution in [2.24, 2.45) is 0 Å². The van der Waals surface area contributed by atoms with Crippen LogP contribution in [0.15, 0.2) is 30.9 Å². The Balaban J connectivity index is 2.43. The van der Waals surface area contributed by atoms with Gasteiger partial charge in [0.15, 0.2) is 3.79 Å². The van der Waals surface area contributed by atoms with Crippen LogP contribution in [0.5, 0.6) is 0 Å². The van der Waals surface area contributed by atoms with Crippen LogP contribution in [-0.4, -0.2) is 23.7 Å². The molecular weight excluding hydrogens is 379 g/mol. The second kappa shape index (κ2) is 6.49. The van der Waals surface area contributed by atoms with E-state index in [1.165, 1.54) is 17.3 Å². The maximum absolute atomic E-state index is 11.0. The lowest BCUT2D eigenvalue weighted by atomic mass is 9.91. The van der Waals surface area contributed by atoms with Gasteiger partial charge < -0.3 is 5.11 Å². The number of nitrogens with zero attached hydrogens (tertiary/aromatic N) is 3. The molecule has 1 heterocycles. The first kappa shape index (κ1) is 17.1. The van der Waals surface area contributed by atoms with E-state index in [4.69, 9.17) is 58.0 Å². The van der Waals surface area contributed by atoms with Crippen molar-refractivity contribution in [3.8, 4) is 0 Å². The molecule has 0 bridgehead atoms. The van der Waals surface area contributed by atoms with Gasteiger partial charge in [0, 0.05) is 16.5 Å². The third-order valence-electron chi connectivity index (χ3n) is 2.78. The molecule has 0 fully saturated rings. The average molecular weight is 389 g/mol. The molecular formula is C12H10Cl5N3O. The van der Waals surface area contributed by atoms with Crippen LogP contribution < -0.4 is 0 Å². The molecule has 0 radical (unpaired) electrons. The number of hydrogen-bond acceptors (Lipinski definition) is 3. The number of hydrogen-bond donors (Lipinski definition) is 1. The third kappa shape index (κ3) is 4.88. The minimum absolute atomic E-state index is 0.0393. The van der Waals surface area contributed by atoms with Crippen molar-refractivity contribution in [3.63, 3.8) is 0 Å². The van der Waals surface area contributed by atoms with Crippen molar-refractivity contribution in [2.45, 2.75) is 22.4 Å². The smallest absolute Gasteiger partial charge is 0.193 e. The van der Waals surface area contributed by atoms with Crippen molar-refractivity contribution >= 4 is 58.0 Å². The molecule has 0 saturated heterocycles. The summed E-state index contributed by atoms with van der Waals surface area (Å²) in [5, 5.41) is 15.7. The molecule has 0 saturated carbocycles. The Labute approximate surface area is 146 Å². The largest absolute Gasteiger partial charge is 0.383 e. The highest BCUT2D eigenvalue weighted by atomic mass is 35.6. The minimum atomic E-state index is -1.66. The Hall–Kier alpha value is -0.230. The number of rotatable bonds is 4. The van der Waals surface area contributed by atoms with Crippen LogP contribution in [0.4, 0.5) is 0 Å². The number of benzene rings is 1. The van der Waals surface area contributed by atoms with Gasteiger partial charge in [0.1, 0.15) is 18.3 Å². The number of aromatic nitrogens is 3. The van der Waals surface area contributed by atoms with Crippen molar-refractivity contribution in [1.82, 2.24) is 14.8 Å². The van der Waals surface area contributed by atoms with Crippen molar-refractivity contribution < 1.29 is 5.11 Å². The monoisotopic (exact) mass is 387 g/mol. The molecule has 0 aliphatic rings. The molecule has 0 aliphatic carbocycles. The van der Waals surface area contributed by atoms with E-state index >= 15 is 0 Å². The molecule has 1 atom stereocenters. The van der Waals surface area contributed by atoms with Gasteiger partial charge in [-0.25, -0.2) is 9.67 Å². The summed E-state index contributed by atoms with van der Waals surface area (Å²) in [7, 11) is 0. The molecule has 2 aromatic rings. The second-order valence-corrected chi connectivity index (χ2v) is 7.96. The van der Waals surface area contributed by atoms with Crippen LogP contribution in [0.2, 0.25) is 10.0 Å². The highest BCUT2D eigenvalue weighted by Gasteiger charge is 2.39. The molecule has 21 heavy (non-hydrogen) atoms. The van der Waals surface area contributed by atoms with Crippen LogP contribution in [0.1, 0.15) is 12.0 Å². The quantitative estimate of drug-likeness (QED) is 0.796. The van der Waals surface area contributed by atoms with Gasteiger partial charge in [-0.2, -0.15) is 5.10 Å².